The van der Waals surface area contributed by atoms with Crippen LogP contribution in [-0.2, 0) is 0 Å². The van der Waals surface area contributed by atoms with Gasteiger partial charge in [0.05, 0.1) is 0 Å². The van der Waals surface area contributed by atoms with Crippen LogP contribution in [0.5, 0.6) is 0 Å². The molecule has 104 valence electrons. The minimum atomic E-state index is -0.113. The Kier molecular flexibility index (Phi) is 3.79. The quantitative estimate of drug-likeness (QED) is 0.547. The molecule has 0 aromatic carbocycles. The van der Waals surface area contributed by atoms with Gasteiger partial charge in [0, 0.05) is 28.3 Å². The van der Waals surface area contributed by atoms with Crippen LogP contribution in [0.3, 0.4) is 0 Å². The molecule has 0 saturated heterocycles. The summed E-state index contributed by atoms with van der Waals surface area (Å²) in [7, 11) is 0. The molecule has 2 rings (SSSR count). The molecule has 0 atom stereocenters. The number of allylic oxidation sites excluding steroid dienone is 8. The van der Waals surface area contributed by atoms with Crippen molar-refractivity contribution < 1.29 is 0 Å². The third kappa shape index (κ3) is 2.23. The standard InChI is InChI=1S/C17H22Cl2/c1-9-7-13(18)15(11(9)3)17(5,6)16-12(4)10(2)8-14(16)19/h7-8H2,1-6H3. The van der Waals surface area contributed by atoms with Gasteiger partial charge in [0.2, 0.25) is 0 Å². The van der Waals surface area contributed by atoms with E-state index in [9.17, 15) is 0 Å². The van der Waals surface area contributed by atoms with Crippen molar-refractivity contribution in [3.05, 3.63) is 43.5 Å². The van der Waals surface area contributed by atoms with E-state index in [1.165, 1.54) is 33.4 Å². The lowest BCUT2D eigenvalue weighted by atomic mass is 9.73. The Morgan fingerprint density at radius 2 is 1.05 bits per heavy atom. The van der Waals surface area contributed by atoms with Crippen LogP contribution in [-0.4, -0.2) is 0 Å². The normalized spacial score (nSPS) is 21.5. The van der Waals surface area contributed by atoms with Crippen LogP contribution >= 0.6 is 23.2 Å². The largest absolute Gasteiger partial charge is 0.0885 e. The summed E-state index contributed by atoms with van der Waals surface area (Å²) in [5, 5.41) is 1.96. The lowest BCUT2D eigenvalue weighted by Crippen LogP contribution is -2.20. The predicted molar refractivity (Wildman–Crippen MR) is 85.5 cm³/mol. The Bertz CT molecular complexity index is 516. The first-order valence-corrected chi connectivity index (χ1v) is 7.55. The third-order valence-corrected chi connectivity index (χ3v) is 5.31. The molecule has 0 radical (unpaired) electrons. The molecule has 2 aliphatic carbocycles. The molecule has 0 N–H and O–H groups in total. The van der Waals surface area contributed by atoms with E-state index in [0.29, 0.717) is 0 Å². The van der Waals surface area contributed by atoms with Crippen molar-refractivity contribution >= 4 is 23.2 Å². The Morgan fingerprint density at radius 1 is 0.737 bits per heavy atom. The van der Waals surface area contributed by atoms with E-state index in [-0.39, 0.29) is 5.41 Å². The molecule has 0 saturated carbocycles. The zero-order valence-electron chi connectivity index (χ0n) is 12.7. The maximum Gasteiger partial charge on any atom is 0.0265 e. The van der Waals surface area contributed by atoms with E-state index in [1.54, 1.807) is 0 Å². The van der Waals surface area contributed by atoms with Crippen LogP contribution in [0.15, 0.2) is 43.5 Å². The molecule has 0 aromatic rings. The number of rotatable bonds is 2. The molecule has 2 aliphatic rings. The Hall–Kier alpha value is -0.460. The second kappa shape index (κ2) is 4.82. The fourth-order valence-electron chi connectivity index (χ4n) is 3.48. The highest BCUT2D eigenvalue weighted by Crippen LogP contribution is 2.53. The highest BCUT2D eigenvalue weighted by molar-refractivity contribution is 6.31. The zero-order chi connectivity index (χ0) is 14.5. The van der Waals surface area contributed by atoms with Crippen molar-refractivity contribution in [2.45, 2.75) is 54.4 Å². The van der Waals surface area contributed by atoms with Crippen LogP contribution in [0.25, 0.3) is 0 Å². The molecule has 0 heterocycles. The maximum absolute atomic E-state index is 6.52. The Balaban J connectivity index is 2.57. The first kappa shape index (κ1) is 14.9. The SMILES string of the molecule is CC1=C(C)C(C(C)(C)C2=C(Cl)CC(C)=C2C)=C(Cl)C1. The van der Waals surface area contributed by atoms with Gasteiger partial charge in [0.15, 0.2) is 0 Å². The van der Waals surface area contributed by atoms with Crippen LogP contribution in [0, 0.1) is 5.41 Å². The average Bonchev–Trinajstić information content (AvgIpc) is 2.66. The molecule has 2 heteroatoms. The van der Waals surface area contributed by atoms with Crippen molar-refractivity contribution in [1.82, 2.24) is 0 Å². The summed E-state index contributed by atoms with van der Waals surface area (Å²) in [6.07, 6.45) is 1.78. The molecule has 0 aromatic heterocycles. The summed E-state index contributed by atoms with van der Waals surface area (Å²) in [4.78, 5) is 0. The highest BCUT2D eigenvalue weighted by Gasteiger charge is 2.38. The molecule has 19 heavy (non-hydrogen) atoms. The fourth-order valence-corrected chi connectivity index (χ4v) is 4.64. The summed E-state index contributed by atoms with van der Waals surface area (Å²) < 4.78 is 0. The first-order chi connectivity index (χ1) is 8.67. The Morgan fingerprint density at radius 3 is 1.26 bits per heavy atom. The number of halogens is 2. The van der Waals surface area contributed by atoms with E-state index in [4.69, 9.17) is 23.2 Å². The van der Waals surface area contributed by atoms with Gasteiger partial charge >= 0.3 is 0 Å². The van der Waals surface area contributed by atoms with Crippen molar-refractivity contribution in [3.8, 4) is 0 Å². The van der Waals surface area contributed by atoms with Gasteiger partial charge in [0.25, 0.3) is 0 Å². The van der Waals surface area contributed by atoms with Gasteiger partial charge in [-0.15, -0.1) is 0 Å². The molecule has 0 bridgehead atoms. The zero-order valence-corrected chi connectivity index (χ0v) is 14.2. The number of hydrogen-bond acceptors (Lipinski definition) is 0. The predicted octanol–water partition coefficient (Wildman–Crippen LogP) is 6.48. The van der Waals surface area contributed by atoms with Gasteiger partial charge in [-0.05, 0) is 50.0 Å². The summed E-state index contributed by atoms with van der Waals surface area (Å²) in [5.41, 5.74) is 7.86. The fraction of sp³-hybridized carbons (Fsp3) is 0.529. The van der Waals surface area contributed by atoms with E-state index < -0.39 is 0 Å². The van der Waals surface area contributed by atoms with Gasteiger partial charge in [0.1, 0.15) is 0 Å². The van der Waals surface area contributed by atoms with E-state index in [1.807, 2.05) is 0 Å². The molecule has 0 spiro atoms. The molecule has 0 nitrogen and oxygen atoms in total. The van der Waals surface area contributed by atoms with E-state index >= 15 is 0 Å². The highest BCUT2D eigenvalue weighted by atomic mass is 35.5. The minimum Gasteiger partial charge on any atom is -0.0885 e. The number of hydrogen-bond donors (Lipinski definition) is 0. The van der Waals surface area contributed by atoms with Crippen molar-refractivity contribution in [2.24, 2.45) is 5.41 Å². The molecule has 0 amide bonds. The summed E-state index contributed by atoms with van der Waals surface area (Å²) in [6, 6.07) is 0. The molecule has 0 aliphatic heterocycles. The topological polar surface area (TPSA) is 0 Å². The van der Waals surface area contributed by atoms with Crippen LogP contribution in [0.1, 0.15) is 54.4 Å². The Labute approximate surface area is 126 Å². The van der Waals surface area contributed by atoms with Gasteiger partial charge < -0.3 is 0 Å². The second-order valence-electron chi connectivity index (χ2n) is 6.35. The van der Waals surface area contributed by atoms with Crippen LogP contribution < -0.4 is 0 Å². The summed E-state index contributed by atoms with van der Waals surface area (Å²) >= 11 is 13.0. The lowest BCUT2D eigenvalue weighted by molar-refractivity contribution is 0.551. The molecular formula is C17H22Cl2. The van der Waals surface area contributed by atoms with Crippen molar-refractivity contribution in [1.29, 1.82) is 0 Å². The van der Waals surface area contributed by atoms with Gasteiger partial charge in [-0.2, -0.15) is 0 Å². The summed E-state index contributed by atoms with van der Waals surface area (Å²) in [5.74, 6) is 0. The third-order valence-electron chi connectivity index (χ3n) is 4.66. The minimum absolute atomic E-state index is 0.113. The summed E-state index contributed by atoms with van der Waals surface area (Å²) in [6.45, 7) is 13.2. The average molecular weight is 297 g/mol. The monoisotopic (exact) mass is 296 g/mol. The van der Waals surface area contributed by atoms with Crippen molar-refractivity contribution in [3.63, 3.8) is 0 Å². The molecular weight excluding hydrogens is 275 g/mol. The van der Waals surface area contributed by atoms with Gasteiger partial charge in [-0.25, -0.2) is 0 Å². The van der Waals surface area contributed by atoms with Gasteiger partial charge in [-0.3, -0.25) is 0 Å². The second-order valence-corrected chi connectivity index (χ2v) is 7.26. The van der Waals surface area contributed by atoms with E-state index in [2.05, 4.69) is 41.5 Å². The van der Waals surface area contributed by atoms with Crippen LogP contribution in [0.2, 0.25) is 0 Å². The molecule has 0 unspecified atom stereocenters. The lowest BCUT2D eigenvalue weighted by Gasteiger charge is -2.32. The van der Waals surface area contributed by atoms with E-state index in [0.717, 1.165) is 22.9 Å². The van der Waals surface area contributed by atoms with Crippen LogP contribution in [0.4, 0.5) is 0 Å². The maximum atomic E-state index is 6.52. The first-order valence-electron chi connectivity index (χ1n) is 6.79. The van der Waals surface area contributed by atoms with Gasteiger partial charge in [-0.1, -0.05) is 48.2 Å². The molecule has 0 fully saturated rings. The smallest absolute Gasteiger partial charge is 0.0265 e. The van der Waals surface area contributed by atoms with Crippen molar-refractivity contribution in [2.75, 3.05) is 0 Å².